The van der Waals surface area contributed by atoms with Crippen LogP contribution in [0.25, 0.3) is 0 Å². The highest BCUT2D eigenvalue weighted by Crippen LogP contribution is 2.33. The molecule has 27 heavy (non-hydrogen) atoms. The smallest absolute Gasteiger partial charge is 0.434 e. The van der Waals surface area contributed by atoms with Crippen molar-refractivity contribution < 1.29 is 22.7 Å². The Kier molecular flexibility index (Phi) is 5.45. The van der Waals surface area contributed by atoms with Gasteiger partial charge in [0, 0.05) is 11.0 Å². The third-order valence-electron chi connectivity index (χ3n) is 3.49. The number of carbonyl (C=O) groups excluding carboxylic acids is 1. The molecule has 0 saturated heterocycles. The number of rotatable bonds is 6. The quantitative estimate of drug-likeness (QED) is 0.463. The molecule has 0 amide bonds. The lowest BCUT2D eigenvalue weighted by Crippen LogP contribution is -2.19. The zero-order valence-corrected chi connectivity index (χ0v) is 14.8. The Bertz CT molecular complexity index is 928. The van der Waals surface area contributed by atoms with Gasteiger partial charge in [0.15, 0.2) is 11.5 Å². The van der Waals surface area contributed by atoms with Gasteiger partial charge in [0.1, 0.15) is 24.9 Å². The first-order valence-electron chi connectivity index (χ1n) is 7.62. The molecular weight excluding hydrogens is 381 g/mol. The van der Waals surface area contributed by atoms with Crippen molar-refractivity contribution in [1.82, 2.24) is 19.7 Å². The summed E-state index contributed by atoms with van der Waals surface area (Å²) >= 11 is 1.53. The Hall–Kier alpha value is -2.88. The Morgan fingerprint density at radius 1 is 1.19 bits per heavy atom. The molecule has 3 rings (SSSR count). The highest BCUT2D eigenvalue weighted by Gasteiger charge is 2.37. The van der Waals surface area contributed by atoms with E-state index in [1.54, 1.807) is 24.3 Å². The first kappa shape index (κ1) is 18.9. The summed E-state index contributed by atoms with van der Waals surface area (Å²) in [6.45, 7) is -0.374. The van der Waals surface area contributed by atoms with Crippen LogP contribution in [0.15, 0.2) is 53.9 Å². The van der Waals surface area contributed by atoms with E-state index in [0.717, 1.165) is 15.6 Å². The van der Waals surface area contributed by atoms with Gasteiger partial charge in [-0.1, -0.05) is 0 Å². The maximum absolute atomic E-state index is 13.4. The lowest BCUT2D eigenvalue weighted by Gasteiger charge is -2.13. The van der Waals surface area contributed by atoms with E-state index in [1.165, 1.54) is 30.5 Å². The number of ether oxygens (including phenoxy) is 1. The van der Waals surface area contributed by atoms with Crippen molar-refractivity contribution in [2.45, 2.75) is 17.6 Å². The van der Waals surface area contributed by atoms with Gasteiger partial charge in [-0.15, -0.1) is 11.8 Å². The molecule has 0 atom stereocenters. The summed E-state index contributed by atoms with van der Waals surface area (Å²) in [6.07, 6.45) is -0.471. The molecule has 0 saturated carbocycles. The number of carbonyl (C=O) groups is 1. The number of halogens is 3. The summed E-state index contributed by atoms with van der Waals surface area (Å²) in [6, 6.07) is 9.10. The Labute approximate surface area is 156 Å². The summed E-state index contributed by atoms with van der Waals surface area (Å²) in [5.74, 6) is -0.692. The van der Waals surface area contributed by atoms with E-state index in [1.807, 2.05) is 6.26 Å². The van der Waals surface area contributed by atoms with Gasteiger partial charge in [-0.05, 0) is 36.6 Å². The first-order chi connectivity index (χ1) is 12.9. The zero-order valence-electron chi connectivity index (χ0n) is 14.0. The van der Waals surface area contributed by atoms with Crippen molar-refractivity contribution in [3.8, 4) is 11.6 Å². The van der Waals surface area contributed by atoms with Crippen molar-refractivity contribution in [1.29, 1.82) is 0 Å². The van der Waals surface area contributed by atoms with E-state index < -0.39 is 23.2 Å². The van der Waals surface area contributed by atoms with Gasteiger partial charge in [0.05, 0.1) is 5.56 Å². The van der Waals surface area contributed by atoms with E-state index in [9.17, 15) is 18.0 Å². The second kappa shape index (κ2) is 7.78. The predicted molar refractivity (Wildman–Crippen MR) is 91.9 cm³/mol. The summed E-state index contributed by atoms with van der Waals surface area (Å²) < 4.78 is 46.7. The second-order valence-electron chi connectivity index (χ2n) is 5.34. The summed E-state index contributed by atoms with van der Waals surface area (Å²) in [7, 11) is 0. The number of ketones is 1. The Morgan fingerprint density at radius 3 is 2.52 bits per heavy atom. The largest absolute Gasteiger partial charge is 0.439 e. The highest BCUT2D eigenvalue weighted by molar-refractivity contribution is 7.98. The van der Waals surface area contributed by atoms with Gasteiger partial charge in [0.2, 0.25) is 5.88 Å². The fraction of sp³-hybridized carbons (Fsp3) is 0.176. The molecule has 0 radical (unpaired) electrons. The summed E-state index contributed by atoms with van der Waals surface area (Å²) in [5.41, 5.74) is -1.85. The van der Waals surface area contributed by atoms with Crippen molar-refractivity contribution in [3.05, 3.63) is 60.3 Å². The topological polar surface area (TPSA) is 69.9 Å². The predicted octanol–water partition coefficient (Wildman–Crippen LogP) is 4.09. The number of pyridine rings is 1. The van der Waals surface area contributed by atoms with E-state index in [4.69, 9.17) is 4.74 Å². The molecule has 0 unspecified atom stereocenters. The van der Waals surface area contributed by atoms with Crippen LogP contribution in [-0.4, -0.2) is 31.8 Å². The molecule has 10 heteroatoms. The Morgan fingerprint density at radius 2 is 1.93 bits per heavy atom. The second-order valence-corrected chi connectivity index (χ2v) is 6.22. The summed E-state index contributed by atoms with van der Waals surface area (Å²) in [5, 5.41) is 3.72. The average molecular weight is 394 g/mol. The standard InChI is InChI=1S/C17H13F3N4O2S/c1-27-12-4-2-11(3-5-12)26-15-7-6-13(16(23-15)17(18,19)20)14(25)8-24-10-21-9-22-24/h2-7,9-10H,8H2,1H3. The molecule has 1 aromatic carbocycles. The summed E-state index contributed by atoms with van der Waals surface area (Å²) in [4.78, 5) is 20.4. The molecule has 0 aliphatic rings. The number of Topliss-reactive ketones (excluding diaryl/α,β-unsaturated/α-hetero) is 1. The van der Waals surface area contributed by atoms with Gasteiger partial charge in [-0.3, -0.25) is 4.79 Å². The maximum Gasteiger partial charge on any atom is 0.434 e. The van der Waals surface area contributed by atoms with E-state index in [-0.39, 0.29) is 12.4 Å². The van der Waals surface area contributed by atoms with Crippen molar-refractivity contribution in [2.75, 3.05) is 6.26 Å². The van der Waals surface area contributed by atoms with E-state index in [0.29, 0.717) is 5.75 Å². The molecule has 0 aliphatic carbocycles. The number of thioether (sulfide) groups is 1. The molecule has 0 bridgehead atoms. The molecule has 0 aliphatic heterocycles. The number of benzene rings is 1. The number of hydrogen-bond acceptors (Lipinski definition) is 6. The molecule has 2 heterocycles. The average Bonchev–Trinajstić information content (AvgIpc) is 3.14. The van der Waals surface area contributed by atoms with Crippen LogP contribution >= 0.6 is 11.8 Å². The van der Waals surface area contributed by atoms with Crippen molar-refractivity contribution in [3.63, 3.8) is 0 Å². The number of aromatic nitrogens is 4. The maximum atomic E-state index is 13.4. The molecule has 0 N–H and O–H groups in total. The number of nitrogens with zero attached hydrogens (tertiary/aromatic N) is 4. The van der Waals surface area contributed by atoms with Crippen molar-refractivity contribution >= 4 is 17.5 Å². The lowest BCUT2D eigenvalue weighted by atomic mass is 10.1. The highest BCUT2D eigenvalue weighted by atomic mass is 32.2. The molecule has 6 nitrogen and oxygen atoms in total. The third kappa shape index (κ3) is 4.64. The fourth-order valence-corrected chi connectivity index (χ4v) is 2.66. The Balaban J connectivity index is 1.88. The third-order valence-corrected chi connectivity index (χ3v) is 4.24. The van der Waals surface area contributed by atoms with Crippen LogP contribution in [0.4, 0.5) is 13.2 Å². The zero-order chi connectivity index (χ0) is 19.4. The molecular formula is C17H13F3N4O2S. The number of alkyl halides is 3. The molecule has 140 valence electrons. The SMILES string of the molecule is CSc1ccc(Oc2ccc(C(=O)Cn3cncn3)c(C(F)(F)F)n2)cc1. The van der Waals surface area contributed by atoms with E-state index >= 15 is 0 Å². The van der Waals surface area contributed by atoms with Crippen LogP contribution in [-0.2, 0) is 12.7 Å². The van der Waals surface area contributed by atoms with Crippen LogP contribution < -0.4 is 4.74 Å². The molecule has 0 fully saturated rings. The minimum Gasteiger partial charge on any atom is -0.439 e. The minimum absolute atomic E-state index is 0.253. The molecule has 2 aromatic heterocycles. The molecule has 0 spiro atoms. The van der Waals surface area contributed by atoms with Gasteiger partial charge in [0.25, 0.3) is 0 Å². The van der Waals surface area contributed by atoms with Gasteiger partial charge >= 0.3 is 6.18 Å². The van der Waals surface area contributed by atoms with Crippen LogP contribution in [0, 0.1) is 0 Å². The van der Waals surface area contributed by atoms with Crippen LogP contribution in [0.2, 0.25) is 0 Å². The first-order valence-corrected chi connectivity index (χ1v) is 8.85. The van der Waals surface area contributed by atoms with Crippen LogP contribution in [0.3, 0.4) is 0 Å². The number of hydrogen-bond donors (Lipinski definition) is 0. The molecule has 3 aromatic rings. The fourth-order valence-electron chi connectivity index (χ4n) is 2.25. The lowest BCUT2D eigenvalue weighted by molar-refractivity contribution is -0.141. The van der Waals surface area contributed by atoms with Gasteiger partial charge in [-0.25, -0.2) is 14.6 Å². The normalized spacial score (nSPS) is 11.4. The monoisotopic (exact) mass is 394 g/mol. The van der Waals surface area contributed by atoms with Gasteiger partial charge < -0.3 is 4.74 Å². The minimum atomic E-state index is -4.81. The van der Waals surface area contributed by atoms with Crippen LogP contribution in [0.1, 0.15) is 16.1 Å². The van der Waals surface area contributed by atoms with Crippen LogP contribution in [0.5, 0.6) is 11.6 Å². The van der Waals surface area contributed by atoms with E-state index in [2.05, 4.69) is 15.1 Å². The van der Waals surface area contributed by atoms with Crippen molar-refractivity contribution in [2.24, 2.45) is 0 Å². The van der Waals surface area contributed by atoms with Gasteiger partial charge in [-0.2, -0.15) is 18.3 Å².